The van der Waals surface area contributed by atoms with E-state index in [1.54, 1.807) is 6.07 Å². The van der Waals surface area contributed by atoms with Gasteiger partial charge >= 0.3 is 0 Å². The topological polar surface area (TPSA) is 21.3 Å². The zero-order valence-corrected chi connectivity index (χ0v) is 11.7. The van der Waals surface area contributed by atoms with Crippen molar-refractivity contribution in [3.05, 3.63) is 35.4 Å². The highest BCUT2D eigenvalue weighted by Crippen LogP contribution is 2.34. The van der Waals surface area contributed by atoms with Gasteiger partial charge in [0.25, 0.3) is 0 Å². The normalized spacial score (nSPS) is 23.8. The number of rotatable bonds is 3. The molecule has 4 heteroatoms. The number of hydrogen-bond acceptors (Lipinski definition) is 2. The average Bonchev–Trinajstić information content (AvgIpc) is 2.77. The van der Waals surface area contributed by atoms with Crippen LogP contribution < -0.4 is 5.32 Å². The van der Waals surface area contributed by atoms with Crippen LogP contribution in [0.3, 0.4) is 0 Å². The molecule has 2 rings (SSSR count). The summed E-state index contributed by atoms with van der Waals surface area (Å²) < 4.78 is 31.9. The monoisotopic (exact) mass is 269 g/mol. The molecular formula is C15H21F2NO. The Morgan fingerprint density at radius 1 is 1.26 bits per heavy atom. The predicted octanol–water partition coefficient (Wildman–Crippen LogP) is 3.43. The molecule has 1 N–H and O–H groups in total. The highest BCUT2D eigenvalue weighted by atomic mass is 19.2. The number of benzene rings is 1. The molecule has 2 atom stereocenters. The third kappa shape index (κ3) is 3.74. The van der Waals surface area contributed by atoms with E-state index < -0.39 is 11.6 Å². The van der Waals surface area contributed by atoms with E-state index in [-0.39, 0.29) is 11.6 Å². The molecule has 1 aromatic rings. The molecule has 1 saturated heterocycles. The zero-order chi connectivity index (χ0) is 14.0. The van der Waals surface area contributed by atoms with Gasteiger partial charge in [0.1, 0.15) is 0 Å². The second-order valence-electron chi connectivity index (χ2n) is 6.14. The van der Waals surface area contributed by atoms with Gasteiger partial charge in [-0.1, -0.05) is 6.07 Å². The van der Waals surface area contributed by atoms with Gasteiger partial charge in [-0.25, -0.2) is 8.78 Å². The third-order valence-corrected chi connectivity index (χ3v) is 3.38. The fraction of sp³-hybridized carbons (Fsp3) is 0.600. The van der Waals surface area contributed by atoms with Crippen LogP contribution in [-0.4, -0.2) is 18.7 Å². The van der Waals surface area contributed by atoms with Crippen LogP contribution in [0.25, 0.3) is 0 Å². The van der Waals surface area contributed by atoms with Gasteiger partial charge in [0.05, 0.1) is 6.10 Å². The Bertz CT molecular complexity index is 442. The van der Waals surface area contributed by atoms with Crippen LogP contribution in [0.5, 0.6) is 0 Å². The predicted molar refractivity (Wildman–Crippen MR) is 70.9 cm³/mol. The summed E-state index contributed by atoms with van der Waals surface area (Å²) in [5, 5.41) is 3.44. The van der Waals surface area contributed by atoms with Gasteiger partial charge in [-0.3, -0.25) is 0 Å². The second-order valence-corrected chi connectivity index (χ2v) is 6.14. The van der Waals surface area contributed by atoms with E-state index in [0.717, 1.165) is 18.5 Å². The Labute approximate surface area is 113 Å². The molecule has 0 radical (unpaired) electrons. The quantitative estimate of drug-likeness (QED) is 0.907. The van der Waals surface area contributed by atoms with Crippen LogP contribution in [-0.2, 0) is 4.74 Å². The first-order chi connectivity index (χ1) is 8.87. The smallest absolute Gasteiger partial charge is 0.159 e. The number of nitrogens with one attached hydrogen (secondary N) is 1. The summed E-state index contributed by atoms with van der Waals surface area (Å²) in [6, 6.07) is 4.02. The molecule has 19 heavy (non-hydrogen) atoms. The van der Waals surface area contributed by atoms with Crippen LogP contribution in [0.1, 0.15) is 38.9 Å². The lowest BCUT2D eigenvalue weighted by molar-refractivity contribution is 0.0886. The van der Waals surface area contributed by atoms with Crippen molar-refractivity contribution < 1.29 is 13.5 Å². The molecule has 106 valence electrons. The van der Waals surface area contributed by atoms with Crippen LogP contribution in [0, 0.1) is 17.6 Å². The van der Waals surface area contributed by atoms with E-state index in [4.69, 9.17) is 4.74 Å². The van der Waals surface area contributed by atoms with E-state index in [9.17, 15) is 8.78 Å². The van der Waals surface area contributed by atoms with Crippen LogP contribution in [0.2, 0.25) is 0 Å². The molecule has 0 amide bonds. The van der Waals surface area contributed by atoms with E-state index in [2.05, 4.69) is 26.1 Å². The summed E-state index contributed by atoms with van der Waals surface area (Å²) in [5.74, 6) is -1.33. The Kier molecular flexibility index (Phi) is 4.21. The maximum absolute atomic E-state index is 13.3. The minimum absolute atomic E-state index is 0.0428. The fourth-order valence-electron chi connectivity index (χ4n) is 2.34. The summed E-state index contributed by atoms with van der Waals surface area (Å²) in [5.41, 5.74) is 0.762. The molecule has 0 aliphatic carbocycles. The fourth-order valence-corrected chi connectivity index (χ4v) is 2.34. The third-order valence-electron chi connectivity index (χ3n) is 3.38. The van der Waals surface area contributed by atoms with Crippen molar-refractivity contribution in [2.45, 2.75) is 38.8 Å². The minimum atomic E-state index is -0.814. The van der Waals surface area contributed by atoms with E-state index >= 15 is 0 Å². The molecule has 0 bridgehead atoms. The van der Waals surface area contributed by atoms with Gasteiger partial charge in [0, 0.05) is 24.6 Å². The van der Waals surface area contributed by atoms with Gasteiger partial charge in [0.15, 0.2) is 11.6 Å². The van der Waals surface area contributed by atoms with Gasteiger partial charge in [-0.05, 0) is 44.9 Å². The Balaban J connectivity index is 2.07. The molecule has 2 nitrogen and oxygen atoms in total. The highest BCUT2D eigenvalue weighted by molar-refractivity contribution is 5.21. The molecule has 1 aromatic carbocycles. The average molecular weight is 269 g/mol. The molecule has 0 spiro atoms. The first-order valence-electron chi connectivity index (χ1n) is 6.68. The first-order valence-corrected chi connectivity index (χ1v) is 6.68. The van der Waals surface area contributed by atoms with Crippen LogP contribution in [0.15, 0.2) is 18.2 Å². The van der Waals surface area contributed by atoms with Crippen molar-refractivity contribution in [3.63, 3.8) is 0 Å². The van der Waals surface area contributed by atoms with Gasteiger partial charge in [0.2, 0.25) is 0 Å². The van der Waals surface area contributed by atoms with Gasteiger partial charge < -0.3 is 10.1 Å². The van der Waals surface area contributed by atoms with Crippen molar-refractivity contribution in [2.75, 3.05) is 13.2 Å². The number of hydrogen-bond donors (Lipinski definition) is 1. The summed E-state index contributed by atoms with van der Waals surface area (Å²) in [6.07, 6.45) is 0.789. The molecule has 1 heterocycles. The van der Waals surface area contributed by atoms with Crippen molar-refractivity contribution in [2.24, 2.45) is 5.92 Å². The standard InChI is InChI=1S/C15H21F2NO/c1-15(2,3)18-9-11-6-7-19-14(11)10-4-5-12(16)13(17)8-10/h4-5,8,11,14,18H,6-7,9H2,1-3H3. The maximum atomic E-state index is 13.3. The van der Waals surface area contributed by atoms with Crippen molar-refractivity contribution in [1.82, 2.24) is 5.32 Å². The molecule has 1 aliphatic heterocycles. The number of ether oxygens (including phenoxy) is 1. The van der Waals surface area contributed by atoms with Gasteiger partial charge in [-0.15, -0.1) is 0 Å². The molecule has 1 fully saturated rings. The van der Waals surface area contributed by atoms with Crippen LogP contribution in [0.4, 0.5) is 8.78 Å². The lowest BCUT2D eigenvalue weighted by Crippen LogP contribution is -2.39. The Morgan fingerprint density at radius 2 is 2.00 bits per heavy atom. The molecular weight excluding hydrogens is 248 g/mol. The van der Waals surface area contributed by atoms with E-state index in [1.807, 2.05) is 0 Å². The first kappa shape index (κ1) is 14.4. The molecule has 1 aliphatic rings. The lowest BCUT2D eigenvalue weighted by Gasteiger charge is -2.26. The number of halogens is 2. The maximum Gasteiger partial charge on any atom is 0.159 e. The molecule has 0 saturated carbocycles. The summed E-state index contributed by atoms with van der Waals surface area (Å²) in [4.78, 5) is 0. The van der Waals surface area contributed by atoms with Crippen molar-refractivity contribution in [3.8, 4) is 0 Å². The summed E-state index contributed by atoms with van der Waals surface area (Å²) in [6.45, 7) is 7.80. The van der Waals surface area contributed by atoms with Crippen LogP contribution >= 0.6 is 0 Å². The zero-order valence-electron chi connectivity index (χ0n) is 11.7. The SMILES string of the molecule is CC(C)(C)NCC1CCOC1c1ccc(F)c(F)c1. The van der Waals surface area contributed by atoms with E-state index in [0.29, 0.717) is 12.5 Å². The summed E-state index contributed by atoms with van der Waals surface area (Å²) >= 11 is 0. The largest absolute Gasteiger partial charge is 0.373 e. The van der Waals surface area contributed by atoms with Crippen molar-refractivity contribution >= 4 is 0 Å². The van der Waals surface area contributed by atoms with Crippen molar-refractivity contribution in [1.29, 1.82) is 0 Å². The van der Waals surface area contributed by atoms with E-state index in [1.165, 1.54) is 12.1 Å². The lowest BCUT2D eigenvalue weighted by atomic mass is 9.94. The Morgan fingerprint density at radius 3 is 2.63 bits per heavy atom. The molecule has 2 unspecified atom stereocenters. The molecule has 0 aromatic heterocycles. The highest BCUT2D eigenvalue weighted by Gasteiger charge is 2.30. The Hall–Kier alpha value is -1.00. The minimum Gasteiger partial charge on any atom is -0.373 e. The summed E-state index contributed by atoms with van der Waals surface area (Å²) in [7, 11) is 0. The van der Waals surface area contributed by atoms with Gasteiger partial charge in [-0.2, -0.15) is 0 Å². The second kappa shape index (κ2) is 5.55.